The van der Waals surface area contributed by atoms with Gasteiger partial charge in [-0.25, -0.2) is 19.2 Å². The van der Waals surface area contributed by atoms with Gasteiger partial charge in [-0.15, -0.1) is 0 Å². The van der Waals surface area contributed by atoms with E-state index in [-0.39, 0.29) is 18.9 Å². The predicted molar refractivity (Wildman–Crippen MR) is 117 cm³/mol. The van der Waals surface area contributed by atoms with E-state index in [4.69, 9.17) is 10.2 Å². The van der Waals surface area contributed by atoms with Crippen LogP contribution in [0.4, 0.5) is 9.59 Å². The number of carbonyl (C=O) groups is 5. The van der Waals surface area contributed by atoms with E-state index in [1.165, 1.54) is 7.05 Å². The van der Waals surface area contributed by atoms with Gasteiger partial charge in [0.2, 0.25) is 0 Å². The van der Waals surface area contributed by atoms with Crippen LogP contribution in [0, 0.1) is 0 Å². The Labute approximate surface area is 191 Å². The normalized spacial score (nSPS) is 12.2. The first-order valence-electron chi connectivity index (χ1n) is 10.4. The highest BCUT2D eigenvalue weighted by Gasteiger charge is 2.29. The topological polar surface area (TPSA) is 185 Å². The molecule has 33 heavy (non-hydrogen) atoms. The molecule has 1 rings (SSSR count). The van der Waals surface area contributed by atoms with Crippen molar-refractivity contribution >= 4 is 30.0 Å². The molecule has 0 radical (unpaired) electrons. The second kappa shape index (κ2) is 14.3. The molecule has 0 aliphatic heterocycles. The first-order chi connectivity index (χ1) is 15.6. The van der Waals surface area contributed by atoms with Gasteiger partial charge in [-0.1, -0.05) is 30.3 Å². The molecule has 0 saturated carbocycles. The lowest BCUT2D eigenvalue weighted by molar-refractivity contribution is -0.142. The summed E-state index contributed by atoms with van der Waals surface area (Å²) in [4.78, 5) is 58.4. The second-order valence-corrected chi connectivity index (χ2v) is 7.33. The number of carboxylic acid groups (broad SMARTS) is 3. The summed E-state index contributed by atoms with van der Waals surface area (Å²) in [5.41, 5.74) is 0.950. The van der Waals surface area contributed by atoms with Crippen molar-refractivity contribution < 1.29 is 39.3 Å². The van der Waals surface area contributed by atoms with Crippen LogP contribution in [-0.2, 0) is 20.9 Å². The van der Waals surface area contributed by atoms with E-state index in [0.29, 0.717) is 25.9 Å². The minimum Gasteiger partial charge on any atom is -0.481 e. The quantitative estimate of drug-likeness (QED) is 0.220. The number of unbranched alkanes of at least 4 members (excludes halogenated alkanes) is 1. The monoisotopic (exact) mass is 466 g/mol. The van der Waals surface area contributed by atoms with E-state index in [9.17, 15) is 29.1 Å². The van der Waals surface area contributed by atoms with E-state index in [1.807, 2.05) is 30.3 Å². The Hall–Kier alpha value is -3.83. The molecule has 1 aromatic rings. The van der Waals surface area contributed by atoms with Gasteiger partial charge in [-0.05, 0) is 31.2 Å². The number of hydrogen-bond acceptors (Lipinski definition) is 5. The number of nitrogens with zero attached hydrogens (tertiary/aromatic N) is 1. The summed E-state index contributed by atoms with van der Waals surface area (Å²) in [7, 11) is 1.22. The summed E-state index contributed by atoms with van der Waals surface area (Å²) in [5, 5.41) is 34.8. The molecular weight excluding hydrogens is 436 g/mol. The van der Waals surface area contributed by atoms with Gasteiger partial charge >= 0.3 is 30.0 Å². The average Bonchev–Trinajstić information content (AvgIpc) is 2.77. The molecule has 0 heterocycles. The fourth-order valence-electron chi connectivity index (χ4n) is 2.91. The van der Waals surface area contributed by atoms with Gasteiger partial charge in [-0.3, -0.25) is 4.79 Å². The first kappa shape index (κ1) is 27.2. The van der Waals surface area contributed by atoms with Crippen molar-refractivity contribution in [1.29, 1.82) is 0 Å². The molecular formula is C21H30N4O8. The SMILES string of the molecule is CN(C(=O)NC(CCC(=O)O)C(=O)O)C(CCCCNC(=O)NCc1ccccc1)C(=O)O. The Morgan fingerprint density at radius 2 is 1.58 bits per heavy atom. The van der Waals surface area contributed by atoms with Crippen LogP contribution in [0.15, 0.2) is 30.3 Å². The highest BCUT2D eigenvalue weighted by atomic mass is 16.4. The summed E-state index contributed by atoms with van der Waals surface area (Å²) in [5.74, 6) is -3.89. The molecule has 0 fully saturated rings. The van der Waals surface area contributed by atoms with Crippen LogP contribution < -0.4 is 16.0 Å². The number of carbonyl (C=O) groups excluding carboxylic acids is 2. The van der Waals surface area contributed by atoms with Crippen LogP contribution in [0.2, 0.25) is 0 Å². The van der Waals surface area contributed by atoms with Crippen molar-refractivity contribution in [3.63, 3.8) is 0 Å². The summed E-state index contributed by atoms with van der Waals surface area (Å²) >= 11 is 0. The number of likely N-dealkylation sites (N-methyl/N-ethyl adjacent to an activating group) is 1. The van der Waals surface area contributed by atoms with E-state index in [1.54, 1.807) is 0 Å². The maximum atomic E-state index is 12.3. The highest BCUT2D eigenvalue weighted by Crippen LogP contribution is 2.09. The molecule has 0 bridgehead atoms. The predicted octanol–water partition coefficient (Wildman–Crippen LogP) is 1.07. The Bertz CT molecular complexity index is 818. The van der Waals surface area contributed by atoms with Crippen LogP contribution in [-0.4, -0.2) is 75.9 Å². The van der Waals surface area contributed by atoms with E-state index in [2.05, 4.69) is 16.0 Å². The number of aliphatic carboxylic acids is 3. The summed E-state index contributed by atoms with van der Waals surface area (Å²) in [6.07, 6.45) is 0.137. The fourth-order valence-corrected chi connectivity index (χ4v) is 2.91. The van der Waals surface area contributed by atoms with Gasteiger partial charge in [0.05, 0.1) is 0 Å². The summed E-state index contributed by atoms with van der Waals surface area (Å²) in [6.45, 7) is 0.677. The maximum absolute atomic E-state index is 12.3. The summed E-state index contributed by atoms with van der Waals surface area (Å²) in [6, 6.07) is 5.40. The molecule has 12 heteroatoms. The number of hydrogen-bond donors (Lipinski definition) is 6. The lowest BCUT2D eigenvalue weighted by atomic mass is 10.1. The molecule has 0 aliphatic carbocycles. The molecule has 1 aromatic carbocycles. The van der Waals surface area contributed by atoms with Crippen LogP contribution in [0.5, 0.6) is 0 Å². The standard InChI is InChI=1S/C21H30N4O8/c1-25(21(33)24-15(18(28)29)10-11-17(26)27)16(19(30)31)9-5-6-12-22-20(32)23-13-14-7-3-2-4-8-14/h2-4,7-8,15-16H,5-6,9-13H2,1H3,(H,24,33)(H,26,27)(H,28,29)(H,30,31)(H2,22,23,32). The Kier molecular flexibility index (Phi) is 11.8. The molecule has 4 amide bonds. The number of amides is 4. The van der Waals surface area contributed by atoms with Crippen molar-refractivity contribution in [2.24, 2.45) is 0 Å². The average molecular weight is 466 g/mol. The van der Waals surface area contributed by atoms with E-state index >= 15 is 0 Å². The van der Waals surface area contributed by atoms with Crippen molar-refractivity contribution in [3.05, 3.63) is 35.9 Å². The van der Waals surface area contributed by atoms with Crippen LogP contribution in [0.25, 0.3) is 0 Å². The third kappa shape index (κ3) is 10.8. The molecule has 12 nitrogen and oxygen atoms in total. The molecule has 0 saturated heterocycles. The van der Waals surface area contributed by atoms with Crippen LogP contribution in [0.3, 0.4) is 0 Å². The van der Waals surface area contributed by atoms with Gasteiger partial charge in [0, 0.05) is 26.6 Å². The Morgan fingerprint density at radius 1 is 0.909 bits per heavy atom. The molecule has 0 aliphatic rings. The molecule has 0 aromatic heterocycles. The van der Waals surface area contributed by atoms with Crippen molar-refractivity contribution in [1.82, 2.24) is 20.9 Å². The van der Waals surface area contributed by atoms with Gasteiger partial charge in [-0.2, -0.15) is 0 Å². The third-order valence-corrected chi connectivity index (χ3v) is 4.80. The third-order valence-electron chi connectivity index (χ3n) is 4.80. The minimum atomic E-state index is -1.45. The zero-order chi connectivity index (χ0) is 24.8. The molecule has 2 atom stereocenters. The van der Waals surface area contributed by atoms with E-state index in [0.717, 1.165) is 10.5 Å². The minimum absolute atomic E-state index is 0.0828. The molecule has 182 valence electrons. The fraction of sp³-hybridized carbons (Fsp3) is 0.476. The smallest absolute Gasteiger partial charge is 0.326 e. The van der Waals surface area contributed by atoms with Crippen molar-refractivity contribution in [2.45, 2.75) is 50.7 Å². The lowest BCUT2D eigenvalue weighted by Gasteiger charge is -2.26. The number of nitrogens with one attached hydrogen (secondary N) is 3. The van der Waals surface area contributed by atoms with Gasteiger partial charge in [0.25, 0.3) is 0 Å². The Balaban J connectivity index is 2.41. The van der Waals surface area contributed by atoms with Crippen LogP contribution >= 0.6 is 0 Å². The molecule has 0 spiro atoms. The van der Waals surface area contributed by atoms with Crippen LogP contribution in [0.1, 0.15) is 37.7 Å². The van der Waals surface area contributed by atoms with Crippen molar-refractivity contribution in [2.75, 3.05) is 13.6 Å². The number of urea groups is 2. The highest BCUT2D eigenvalue weighted by molar-refractivity contribution is 5.86. The van der Waals surface area contributed by atoms with Gasteiger partial charge in [0.1, 0.15) is 12.1 Å². The molecule has 6 N–H and O–H groups in total. The lowest BCUT2D eigenvalue weighted by Crippen LogP contribution is -2.52. The second-order valence-electron chi connectivity index (χ2n) is 7.33. The van der Waals surface area contributed by atoms with Gasteiger partial charge in [0.15, 0.2) is 0 Å². The van der Waals surface area contributed by atoms with E-state index < -0.39 is 42.4 Å². The number of benzene rings is 1. The molecule has 2 unspecified atom stereocenters. The first-order valence-corrected chi connectivity index (χ1v) is 10.4. The summed E-state index contributed by atoms with van der Waals surface area (Å²) < 4.78 is 0. The largest absolute Gasteiger partial charge is 0.481 e. The van der Waals surface area contributed by atoms with Gasteiger partial charge < -0.3 is 36.2 Å². The zero-order valence-electron chi connectivity index (χ0n) is 18.3. The van der Waals surface area contributed by atoms with Crippen molar-refractivity contribution in [3.8, 4) is 0 Å². The number of rotatable bonds is 14. The zero-order valence-corrected chi connectivity index (χ0v) is 18.3. The number of carboxylic acids is 3. The Morgan fingerprint density at radius 3 is 2.15 bits per heavy atom. The maximum Gasteiger partial charge on any atom is 0.326 e.